The molecule has 0 spiro atoms. The molecule has 18 heavy (non-hydrogen) atoms. The Morgan fingerprint density at radius 3 is 2.94 bits per heavy atom. The number of nitrogens with two attached hydrogens (primary N) is 2. The maximum atomic E-state index is 5.96. The van der Waals surface area contributed by atoms with Gasteiger partial charge in [0.1, 0.15) is 5.69 Å². The van der Waals surface area contributed by atoms with Gasteiger partial charge in [-0.15, -0.1) is 0 Å². The Morgan fingerprint density at radius 1 is 1.44 bits per heavy atom. The highest BCUT2D eigenvalue weighted by atomic mass is 35.5. The van der Waals surface area contributed by atoms with Gasteiger partial charge in [-0.1, -0.05) is 17.5 Å². The van der Waals surface area contributed by atoms with Crippen LogP contribution in [-0.4, -0.2) is 20.1 Å². The van der Waals surface area contributed by atoms with E-state index in [9.17, 15) is 0 Å². The number of anilines is 1. The molecule has 6 heteroatoms. The van der Waals surface area contributed by atoms with E-state index in [-0.39, 0.29) is 5.54 Å². The quantitative estimate of drug-likeness (QED) is 0.756. The van der Waals surface area contributed by atoms with Crippen molar-refractivity contribution in [1.82, 2.24) is 14.6 Å². The van der Waals surface area contributed by atoms with Crippen LogP contribution in [-0.2, 0) is 0 Å². The molecule has 4 N–H and O–H groups in total. The molecule has 0 saturated heterocycles. The first kappa shape index (κ1) is 11.3. The molecule has 0 unspecified atom stereocenters. The Balaban J connectivity index is 1.95. The molecular formula is C12H12ClN5. The molecule has 92 valence electrons. The molecule has 3 rings (SSSR count). The Labute approximate surface area is 109 Å². The molecule has 1 aliphatic rings. The van der Waals surface area contributed by atoms with Gasteiger partial charge in [-0.3, -0.25) is 0 Å². The lowest BCUT2D eigenvalue weighted by molar-refractivity contribution is 0.701. The number of fused-ring (bicyclic) bond motifs is 1. The van der Waals surface area contributed by atoms with Gasteiger partial charge in [-0.25, -0.2) is 9.50 Å². The average Bonchev–Trinajstić information content (AvgIpc) is 2.93. The largest absolute Gasteiger partial charge is 0.394 e. The molecule has 0 radical (unpaired) electrons. The molecule has 1 fully saturated rings. The number of aromatic nitrogens is 3. The Hall–Kier alpha value is -1.77. The second-order valence-electron chi connectivity index (χ2n) is 4.63. The van der Waals surface area contributed by atoms with E-state index in [2.05, 4.69) is 21.9 Å². The molecule has 0 amide bonds. The third-order valence-corrected chi connectivity index (χ3v) is 3.37. The van der Waals surface area contributed by atoms with E-state index in [0.717, 1.165) is 12.8 Å². The summed E-state index contributed by atoms with van der Waals surface area (Å²) in [6, 6.07) is 0. The maximum Gasteiger partial charge on any atom is 0.179 e. The summed E-state index contributed by atoms with van der Waals surface area (Å²) in [6.45, 7) is 0. The van der Waals surface area contributed by atoms with Gasteiger partial charge in [0.25, 0.3) is 0 Å². The van der Waals surface area contributed by atoms with E-state index in [1.807, 2.05) is 0 Å². The second-order valence-corrected chi connectivity index (χ2v) is 5.03. The minimum absolute atomic E-state index is 0.0662. The van der Waals surface area contributed by atoms with Crippen molar-refractivity contribution < 1.29 is 0 Å². The second kappa shape index (κ2) is 3.87. The number of nitrogen functional groups attached to an aromatic ring is 1. The van der Waals surface area contributed by atoms with E-state index in [0.29, 0.717) is 28.5 Å². The zero-order valence-electron chi connectivity index (χ0n) is 9.65. The standard InChI is InChI=1S/C12H12ClN5/c13-9-7-17-18-8(6-16-11(18)10(9)14)2-1-3-12(15)4-5-12/h6-7H,3-5,14-15H2. The van der Waals surface area contributed by atoms with Crippen LogP contribution in [0.2, 0.25) is 5.02 Å². The monoisotopic (exact) mass is 261 g/mol. The average molecular weight is 262 g/mol. The zero-order chi connectivity index (χ0) is 12.8. The van der Waals surface area contributed by atoms with Crippen molar-refractivity contribution >= 4 is 22.9 Å². The molecule has 1 saturated carbocycles. The van der Waals surface area contributed by atoms with Crippen molar-refractivity contribution in [3.05, 3.63) is 23.1 Å². The minimum atomic E-state index is -0.0662. The van der Waals surface area contributed by atoms with Crippen LogP contribution < -0.4 is 11.5 Å². The van der Waals surface area contributed by atoms with Crippen molar-refractivity contribution in [2.45, 2.75) is 24.8 Å². The molecule has 0 aliphatic heterocycles. The minimum Gasteiger partial charge on any atom is -0.394 e. The normalized spacial score (nSPS) is 16.3. The fraction of sp³-hybridized carbons (Fsp3) is 0.333. The molecule has 0 aromatic carbocycles. The van der Waals surface area contributed by atoms with Gasteiger partial charge in [-0.05, 0) is 18.8 Å². The van der Waals surface area contributed by atoms with Gasteiger partial charge in [0.2, 0.25) is 0 Å². The lowest BCUT2D eigenvalue weighted by atomic mass is 10.2. The van der Waals surface area contributed by atoms with Gasteiger partial charge in [0.15, 0.2) is 5.65 Å². The third-order valence-electron chi connectivity index (χ3n) is 3.07. The van der Waals surface area contributed by atoms with Gasteiger partial charge in [0, 0.05) is 12.0 Å². The van der Waals surface area contributed by atoms with E-state index >= 15 is 0 Å². The summed E-state index contributed by atoms with van der Waals surface area (Å²) in [7, 11) is 0. The zero-order valence-corrected chi connectivity index (χ0v) is 10.4. The first-order chi connectivity index (χ1) is 8.59. The van der Waals surface area contributed by atoms with Crippen LogP contribution in [0, 0.1) is 11.8 Å². The first-order valence-corrected chi connectivity index (χ1v) is 6.02. The van der Waals surface area contributed by atoms with Crippen molar-refractivity contribution in [3.8, 4) is 11.8 Å². The fourth-order valence-corrected chi connectivity index (χ4v) is 1.79. The number of nitrogens with zero attached hydrogens (tertiary/aromatic N) is 3. The van der Waals surface area contributed by atoms with Crippen LogP contribution >= 0.6 is 11.6 Å². The molecular weight excluding hydrogens is 250 g/mol. The van der Waals surface area contributed by atoms with Gasteiger partial charge >= 0.3 is 0 Å². The SMILES string of the molecule is Nc1c(Cl)cnn2c(C#CCC3(N)CC3)cnc12. The summed E-state index contributed by atoms with van der Waals surface area (Å²) in [5.74, 6) is 6.09. The van der Waals surface area contributed by atoms with Crippen LogP contribution in [0.25, 0.3) is 5.65 Å². The topological polar surface area (TPSA) is 82.2 Å². The number of halogens is 1. The highest BCUT2D eigenvalue weighted by Gasteiger charge is 2.36. The summed E-state index contributed by atoms with van der Waals surface area (Å²) in [6.07, 6.45) is 5.93. The van der Waals surface area contributed by atoms with E-state index in [1.54, 1.807) is 10.7 Å². The van der Waals surface area contributed by atoms with Crippen molar-refractivity contribution in [3.63, 3.8) is 0 Å². The number of rotatable bonds is 1. The maximum absolute atomic E-state index is 5.96. The smallest absolute Gasteiger partial charge is 0.179 e. The molecule has 2 aromatic heterocycles. The van der Waals surface area contributed by atoms with E-state index in [4.69, 9.17) is 23.1 Å². The van der Waals surface area contributed by atoms with Gasteiger partial charge in [0.05, 0.1) is 23.1 Å². The molecule has 2 aromatic rings. The summed E-state index contributed by atoms with van der Waals surface area (Å²) in [5.41, 5.74) is 13.3. The lowest BCUT2D eigenvalue weighted by Gasteiger charge is -2.00. The number of hydrogen-bond donors (Lipinski definition) is 2. The number of hydrogen-bond acceptors (Lipinski definition) is 4. The molecule has 0 atom stereocenters. The Kier molecular flexibility index (Phi) is 2.44. The Bertz CT molecular complexity index is 675. The predicted octanol–water partition coefficient (Wildman–Crippen LogP) is 1.20. The predicted molar refractivity (Wildman–Crippen MR) is 70.1 cm³/mol. The van der Waals surface area contributed by atoms with Gasteiger partial charge < -0.3 is 11.5 Å². The summed E-state index contributed by atoms with van der Waals surface area (Å²) in [4.78, 5) is 4.17. The molecule has 2 heterocycles. The van der Waals surface area contributed by atoms with Crippen molar-refractivity contribution in [1.29, 1.82) is 0 Å². The first-order valence-electron chi connectivity index (χ1n) is 5.65. The third kappa shape index (κ3) is 1.90. The summed E-state index contributed by atoms with van der Waals surface area (Å²) >= 11 is 5.88. The van der Waals surface area contributed by atoms with Crippen LogP contribution in [0.4, 0.5) is 5.69 Å². The highest BCUT2D eigenvalue weighted by molar-refractivity contribution is 6.33. The van der Waals surface area contributed by atoms with Crippen molar-refractivity contribution in [2.75, 3.05) is 5.73 Å². The lowest BCUT2D eigenvalue weighted by Crippen LogP contribution is -2.20. The molecule has 1 aliphatic carbocycles. The molecule has 5 nitrogen and oxygen atoms in total. The van der Waals surface area contributed by atoms with Crippen LogP contribution in [0.3, 0.4) is 0 Å². The fourth-order valence-electron chi connectivity index (χ4n) is 1.66. The van der Waals surface area contributed by atoms with Crippen LogP contribution in [0.5, 0.6) is 0 Å². The van der Waals surface area contributed by atoms with E-state index < -0.39 is 0 Å². The van der Waals surface area contributed by atoms with Gasteiger partial charge in [-0.2, -0.15) is 5.10 Å². The van der Waals surface area contributed by atoms with E-state index in [1.165, 1.54) is 6.20 Å². The van der Waals surface area contributed by atoms with Crippen LogP contribution in [0.1, 0.15) is 25.0 Å². The van der Waals surface area contributed by atoms with Crippen molar-refractivity contribution in [2.24, 2.45) is 5.73 Å². The molecule has 0 bridgehead atoms. The summed E-state index contributed by atoms with van der Waals surface area (Å²) in [5, 5.41) is 4.54. The highest BCUT2D eigenvalue weighted by Crippen LogP contribution is 2.34. The van der Waals surface area contributed by atoms with Crippen LogP contribution in [0.15, 0.2) is 12.4 Å². The Morgan fingerprint density at radius 2 is 2.22 bits per heavy atom. The number of imidazole rings is 1. The summed E-state index contributed by atoms with van der Waals surface area (Å²) < 4.78 is 1.59.